The third-order valence-corrected chi connectivity index (χ3v) is 5.61. The van der Waals surface area contributed by atoms with Crippen molar-refractivity contribution < 1.29 is 0 Å². The standard InChI is InChI=1S/C22H19ClIN5/c23-18-13-15(14-24)8-9-16(18)22-28-19-6-2-1-5-17(19)21(29-22)27-12-11-26-20-7-3-4-10-25-20/h1-10,13H,11-12,14H2,(H,25,26)(H,27,28,29). The minimum atomic E-state index is 0.619. The molecule has 0 amide bonds. The van der Waals surface area contributed by atoms with Crippen LogP contribution in [0.15, 0.2) is 66.9 Å². The third kappa shape index (κ3) is 4.76. The van der Waals surface area contributed by atoms with E-state index >= 15 is 0 Å². The van der Waals surface area contributed by atoms with Crippen LogP contribution in [0.25, 0.3) is 22.3 Å². The van der Waals surface area contributed by atoms with Crippen LogP contribution >= 0.6 is 34.2 Å². The fourth-order valence-corrected chi connectivity index (χ4v) is 3.76. The molecular formula is C22H19ClIN5. The average molecular weight is 516 g/mol. The first-order chi connectivity index (χ1) is 14.2. The van der Waals surface area contributed by atoms with E-state index in [4.69, 9.17) is 21.6 Å². The Morgan fingerprint density at radius 3 is 2.52 bits per heavy atom. The minimum absolute atomic E-state index is 0.619. The van der Waals surface area contributed by atoms with Gasteiger partial charge in [0.2, 0.25) is 0 Å². The van der Waals surface area contributed by atoms with Gasteiger partial charge in [-0.05, 0) is 42.0 Å². The van der Waals surface area contributed by atoms with Gasteiger partial charge in [0.15, 0.2) is 5.82 Å². The summed E-state index contributed by atoms with van der Waals surface area (Å²) in [5.74, 6) is 2.26. The SMILES string of the molecule is Clc1cc(CI)ccc1-c1nc(NCCNc2ccccn2)c2ccccc2n1. The number of alkyl halides is 1. The van der Waals surface area contributed by atoms with Gasteiger partial charge in [0.25, 0.3) is 0 Å². The minimum Gasteiger partial charge on any atom is -0.368 e. The number of para-hydroxylation sites is 1. The van der Waals surface area contributed by atoms with E-state index in [1.54, 1.807) is 6.20 Å². The Morgan fingerprint density at radius 1 is 0.897 bits per heavy atom. The molecule has 5 nitrogen and oxygen atoms in total. The molecule has 146 valence electrons. The number of hydrogen-bond acceptors (Lipinski definition) is 5. The van der Waals surface area contributed by atoms with E-state index in [-0.39, 0.29) is 0 Å². The molecule has 2 N–H and O–H groups in total. The number of fused-ring (bicyclic) bond motifs is 1. The van der Waals surface area contributed by atoms with Crippen molar-refractivity contribution in [2.45, 2.75) is 4.43 Å². The molecule has 0 aliphatic carbocycles. The van der Waals surface area contributed by atoms with Gasteiger partial charge in [0, 0.05) is 34.7 Å². The van der Waals surface area contributed by atoms with E-state index in [9.17, 15) is 0 Å². The second-order valence-electron chi connectivity index (χ2n) is 6.43. The van der Waals surface area contributed by atoms with E-state index in [0.29, 0.717) is 17.4 Å². The van der Waals surface area contributed by atoms with Gasteiger partial charge >= 0.3 is 0 Å². The second kappa shape index (κ2) is 9.37. The summed E-state index contributed by atoms with van der Waals surface area (Å²) in [5, 5.41) is 8.36. The first kappa shape index (κ1) is 19.8. The fraction of sp³-hybridized carbons (Fsp3) is 0.136. The van der Waals surface area contributed by atoms with Crippen molar-refractivity contribution in [1.82, 2.24) is 15.0 Å². The number of hydrogen-bond donors (Lipinski definition) is 2. The lowest BCUT2D eigenvalue weighted by Gasteiger charge is -2.12. The van der Waals surface area contributed by atoms with Crippen molar-refractivity contribution in [3.8, 4) is 11.4 Å². The molecule has 0 aliphatic heterocycles. The summed E-state index contributed by atoms with van der Waals surface area (Å²) < 4.78 is 0.909. The quantitative estimate of drug-likeness (QED) is 0.185. The lowest BCUT2D eigenvalue weighted by Crippen LogP contribution is -2.15. The van der Waals surface area contributed by atoms with Gasteiger partial charge in [0.05, 0.1) is 10.5 Å². The Hall–Kier alpha value is -2.45. The molecular weight excluding hydrogens is 497 g/mol. The predicted molar refractivity (Wildman–Crippen MR) is 129 cm³/mol. The zero-order valence-electron chi connectivity index (χ0n) is 15.6. The number of halogens is 2. The van der Waals surface area contributed by atoms with Crippen molar-refractivity contribution >= 4 is 56.7 Å². The fourth-order valence-electron chi connectivity index (χ4n) is 2.99. The number of rotatable bonds is 7. The molecule has 2 aromatic heterocycles. The van der Waals surface area contributed by atoms with E-state index < -0.39 is 0 Å². The zero-order chi connectivity index (χ0) is 20.1. The van der Waals surface area contributed by atoms with Gasteiger partial charge in [-0.3, -0.25) is 0 Å². The van der Waals surface area contributed by atoms with E-state index in [1.807, 2.05) is 54.6 Å². The van der Waals surface area contributed by atoms with E-state index in [2.05, 4.69) is 44.3 Å². The monoisotopic (exact) mass is 515 g/mol. The Balaban J connectivity index is 1.59. The molecule has 0 saturated heterocycles. The number of benzene rings is 2. The lowest BCUT2D eigenvalue weighted by atomic mass is 10.1. The normalized spacial score (nSPS) is 10.8. The van der Waals surface area contributed by atoms with Crippen LogP contribution in [0.4, 0.5) is 11.6 Å². The maximum Gasteiger partial charge on any atom is 0.163 e. The van der Waals surface area contributed by atoms with Crippen LogP contribution < -0.4 is 10.6 Å². The highest BCUT2D eigenvalue weighted by molar-refractivity contribution is 14.1. The Kier molecular flexibility index (Phi) is 6.41. The van der Waals surface area contributed by atoms with Gasteiger partial charge in [-0.1, -0.05) is 58.5 Å². The number of pyridine rings is 1. The third-order valence-electron chi connectivity index (χ3n) is 4.42. The van der Waals surface area contributed by atoms with Crippen LogP contribution in [0.2, 0.25) is 5.02 Å². The Bertz CT molecular complexity index is 1120. The molecule has 2 aromatic carbocycles. The molecule has 0 saturated carbocycles. The summed E-state index contributed by atoms with van der Waals surface area (Å²) in [6.45, 7) is 1.41. The molecule has 0 radical (unpaired) electrons. The van der Waals surface area contributed by atoms with Crippen LogP contribution in [0, 0.1) is 0 Å². The molecule has 4 aromatic rings. The Labute approximate surface area is 188 Å². The van der Waals surface area contributed by atoms with Crippen LogP contribution in [0.5, 0.6) is 0 Å². The predicted octanol–water partition coefficient (Wildman–Crippen LogP) is 5.80. The summed E-state index contributed by atoms with van der Waals surface area (Å²) >= 11 is 8.85. The summed E-state index contributed by atoms with van der Waals surface area (Å²) in [4.78, 5) is 13.8. The molecule has 2 heterocycles. The van der Waals surface area contributed by atoms with Crippen molar-refractivity contribution in [2.75, 3.05) is 23.7 Å². The van der Waals surface area contributed by atoms with Gasteiger partial charge in [-0.2, -0.15) is 0 Å². The number of anilines is 2. The van der Waals surface area contributed by atoms with Crippen LogP contribution in [-0.2, 0) is 4.43 Å². The smallest absolute Gasteiger partial charge is 0.163 e. The van der Waals surface area contributed by atoms with E-state index in [0.717, 1.165) is 39.1 Å². The topological polar surface area (TPSA) is 62.7 Å². The first-order valence-corrected chi connectivity index (χ1v) is 11.2. The average Bonchev–Trinajstić information content (AvgIpc) is 2.77. The molecule has 7 heteroatoms. The highest BCUT2D eigenvalue weighted by Gasteiger charge is 2.12. The molecule has 0 bridgehead atoms. The van der Waals surface area contributed by atoms with Crippen LogP contribution in [0.1, 0.15) is 5.56 Å². The van der Waals surface area contributed by atoms with Crippen molar-refractivity contribution in [2.24, 2.45) is 0 Å². The maximum absolute atomic E-state index is 6.52. The molecule has 0 aliphatic rings. The van der Waals surface area contributed by atoms with E-state index in [1.165, 1.54) is 5.56 Å². The van der Waals surface area contributed by atoms with Gasteiger partial charge in [-0.25, -0.2) is 15.0 Å². The van der Waals surface area contributed by atoms with Crippen molar-refractivity contribution in [1.29, 1.82) is 0 Å². The second-order valence-corrected chi connectivity index (χ2v) is 7.60. The molecule has 0 atom stereocenters. The highest BCUT2D eigenvalue weighted by Crippen LogP contribution is 2.30. The summed E-state index contributed by atoms with van der Waals surface area (Å²) in [5.41, 5.74) is 2.89. The summed E-state index contributed by atoms with van der Waals surface area (Å²) in [6.07, 6.45) is 1.77. The molecule has 0 spiro atoms. The Morgan fingerprint density at radius 2 is 1.72 bits per heavy atom. The highest BCUT2D eigenvalue weighted by atomic mass is 127. The molecule has 4 rings (SSSR count). The van der Waals surface area contributed by atoms with Gasteiger partial charge < -0.3 is 10.6 Å². The van der Waals surface area contributed by atoms with Crippen LogP contribution in [-0.4, -0.2) is 28.0 Å². The van der Waals surface area contributed by atoms with Gasteiger partial charge in [-0.15, -0.1) is 0 Å². The number of aromatic nitrogens is 3. The van der Waals surface area contributed by atoms with Crippen LogP contribution in [0.3, 0.4) is 0 Å². The van der Waals surface area contributed by atoms with Crippen molar-refractivity contribution in [3.05, 3.63) is 77.4 Å². The molecule has 0 unspecified atom stereocenters. The molecule has 29 heavy (non-hydrogen) atoms. The lowest BCUT2D eigenvalue weighted by molar-refractivity contribution is 1.04. The largest absolute Gasteiger partial charge is 0.368 e. The zero-order valence-corrected chi connectivity index (χ0v) is 18.5. The molecule has 0 fully saturated rings. The summed E-state index contributed by atoms with van der Waals surface area (Å²) in [7, 11) is 0. The van der Waals surface area contributed by atoms with Gasteiger partial charge in [0.1, 0.15) is 11.6 Å². The first-order valence-electron chi connectivity index (χ1n) is 9.25. The summed E-state index contributed by atoms with van der Waals surface area (Å²) in [6, 6.07) is 19.8. The van der Waals surface area contributed by atoms with Crippen molar-refractivity contribution in [3.63, 3.8) is 0 Å². The number of nitrogens with one attached hydrogen (secondary N) is 2. The maximum atomic E-state index is 6.52. The number of nitrogens with zero attached hydrogens (tertiary/aromatic N) is 3.